The number of nitrogens with two attached hydrogens (primary N) is 1. The summed E-state index contributed by atoms with van der Waals surface area (Å²) in [7, 11) is 1.35. The molecular weight excluding hydrogens is 263 g/mol. The molecule has 110 valence electrons. The first-order valence-corrected chi connectivity index (χ1v) is 6.42. The van der Waals surface area contributed by atoms with E-state index in [1.807, 2.05) is 0 Å². The Morgan fingerprint density at radius 2 is 2.10 bits per heavy atom. The summed E-state index contributed by atoms with van der Waals surface area (Å²) in [6.07, 6.45) is 0.820. The number of methoxy groups -OCH3 is 1. The first kappa shape index (κ1) is 16.1. The maximum Gasteiger partial charge on any atom is 0.220 e. The second kappa shape index (κ2) is 8.27. The number of halogens is 1. The van der Waals surface area contributed by atoms with Gasteiger partial charge >= 0.3 is 0 Å². The van der Waals surface area contributed by atoms with Crippen molar-refractivity contribution in [2.24, 2.45) is 5.73 Å². The summed E-state index contributed by atoms with van der Waals surface area (Å²) >= 11 is 0. The van der Waals surface area contributed by atoms with Gasteiger partial charge in [-0.25, -0.2) is 4.39 Å². The molecule has 0 unspecified atom stereocenters. The van der Waals surface area contributed by atoms with E-state index in [4.69, 9.17) is 10.5 Å². The van der Waals surface area contributed by atoms with Crippen molar-refractivity contribution in [3.05, 3.63) is 29.6 Å². The lowest BCUT2D eigenvalue weighted by atomic mass is 10.1. The van der Waals surface area contributed by atoms with Crippen molar-refractivity contribution in [2.75, 3.05) is 20.2 Å². The van der Waals surface area contributed by atoms with Crippen LogP contribution in [0.1, 0.15) is 29.6 Å². The Morgan fingerprint density at radius 1 is 1.35 bits per heavy atom. The maximum atomic E-state index is 13.4. The molecule has 0 aliphatic rings. The highest BCUT2D eigenvalue weighted by Gasteiger charge is 2.12. The molecule has 0 saturated carbocycles. The number of nitrogens with one attached hydrogen (secondary N) is 1. The van der Waals surface area contributed by atoms with Gasteiger partial charge < -0.3 is 15.8 Å². The number of rotatable bonds is 8. The third-order valence-corrected chi connectivity index (χ3v) is 2.76. The monoisotopic (exact) mass is 282 g/mol. The maximum absolute atomic E-state index is 13.4. The number of ketones is 1. The number of carbonyl (C=O) groups is 2. The van der Waals surface area contributed by atoms with Crippen molar-refractivity contribution in [2.45, 2.75) is 19.3 Å². The Morgan fingerprint density at radius 3 is 2.70 bits per heavy atom. The van der Waals surface area contributed by atoms with Crippen LogP contribution in [0.4, 0.5) is 4.39 Å². The largest absolute Gasteiger partial charge is 0.494 e. The van der Waals surface area contributed by atoms with Crippen molar-refractivity contribution < 1.29 is 18.7 Å². The van der Waals surface area contributed by atoms with Crippen molar-refractivity contribution in [3.8, 4) is 5.75 Å². The second-order valence-electron chi connectivity index (χ2n) is 4.26. The van der Waals surface area contributed by atoms with Crippen molar-refractivity contribution in [1.29, 1.82) is 0 Å². The molecule has 0 spiro atoms. The van der Waals surface area contributed by atoms with E-state index < -0.39 is 5.82 Å². The van der Waals surface area contributed by atoms with Crippen LogP contribution >= 0.6 is 0 Å². The third kappa shape index (κ3) is 4.97. The summed E-state index contributed by atoms with van der Waals surface area (Å²) in [5.41, 5.74) is 5.53. The molecule has 6 heteroatoms. The summed E-state index contributed by atoms with van der Waals surface area (Å²) in [6.45, 7) is 1.00. The van der Waals surface area contributed by atoms with Gasteiger partial charge in [-0.3, -0.25) is 9.59 Å². The van der Waals surface area contributed by atoms with Gasteiger partial charge in [0.25, 0.3) is 0 Å². The lowest BCUT2D eigenvalue weighted by Gasteiger charge is -2.05. The van der Waals surface area contributed by atoms with Gasteiger partial charge in [0.1, 0.15) is 0 Å². The normalized spacial score (nSPS) is 10.2. The molecule has 0 aromatic heterocycles. The second-order valence-corrected chi connectivity index (χ2v) is 4.26. The lowest BCUT2D eigenvalue weighted by Crippen LogP contribution is -2.26. The summed E-state index contributed by atoms with van der Waals surface area (Å²) in [4.78, 5) is 23.2. The SMILES string of the molecule is COc1ccc(C(=O)CCC(=O)NCCCN)cc1F. The Labute approximate surface area is 117 Å². The van der Waals surface area contributed by atoms with E-state index in [1.165, 1.54) is 19.2 Å². The predicted octanol–water partition coefficient (Wildman–Crippen LogP) is 1.26. The molecule has 0 bridgehead atoms. The summed E-state index contributed by atoms with van der Waals surface area (Å²) in [6, 6.07) is 3.99. The number of hydrogen-bond donors (Lipinski definition) is 2. The van der Waals surface area contributed by atoms with Crippen LogP contribution in [0.5, 0.6) is 5.75 Å². The van der Waals surface area contributed by atoms with Crippen molar-refractivity contribution >= 4 is 11.7 Å². The highest BCUT2D eigenvalue weighted by Crippen LogP contribution is 2.18. The van der Waals surface area contributed by atoms with Crippen LogP contribution < -0.4 is 15.8 Å². The van der Waals surface area contributed by atoms with Crippen LogP contribution in [0.25, 0.3) is 0 Å². The molecule has 3 N–H and O–H groups in total. The van der Waals surface area contributed by atoms with E-state index in [0.717, 1.165) is 6.07 Å². The van der Waals surface area contributed by atoms with Crippen LogP contribution in [0.15, 0.2) is 18.2 Å². The average Bonchev–Trinajstić information content (AvgIpc) is 2.45. The molecule has 1 aromatic carbocycles. The Bertz CT molecular complexity index is 477. The topological polar surface area (TPSA) is 81.4 Å². The first-order chi connectivity index (χ1) is 9.58. The molecule has 0 fully saturated rings. The van der Waals surface area contributed by atoms with E-state index in [-0.39, 0.29) is 35.8 Å². The molecule has 1 rings (SSSR count). The molecule has 1 aromatic rings. The van der Waals surface area contributed by atoms with Crippen molar-refractivity contribution in [3.63, 3.8) is 0 Å². The lowest BCUT2D eigenvalue weighted by molar-refractivity contribution is -0.121. The first-order valence-electron chi connectivity index (χ1n) is 6.42. The fourth-order valence-corrected chi connectivity index (χ4v) is 1.63. The Hall–Kier alpha value is -1.95. The van der Waals surface area contributed by atoms with E-state index in [1.54, 1.807) is 0 Å². The van der Waals surface area contributed by atoms with Crippen LogP contribution in [0.3, 0.4) is 0 Å². The van der Waals surface area contributed by atoms with Crippen molar-refractivity contribution in [1.82, 2.24) is 5.32 Å². The molecule has 0 heterocycles. The van der Waals surface area contributed by atoms with E-state index in [0.29, 0.717) is 19.5 Å². The summed E-state index contributed by atoms with van der Waals surface area (Å²) in [5, 5.41) is 2.65. The highest BCUT2D eigenvalue weighted by atomic mass is 19.1. The van der Waals surface area contributed by atoms with Gasteiger partial charge in [-0.2, -0.15) is 0 Å². The molecule has 0 atom stereocenters. The van der Waals surface area contributed by atoms with Gasteiger partial charge in [-0.05, 0) is 31.2 Å². The Balaban J connectivity index is 2.46. The van der Waals surface area contributed by atoms with Gasteiger partial charge in [0.15, 0.2) is 17.3 Å². The van der Waals surface area contributed by atoms with Gasteiger partial charge in [0.05, 0.1) is 7.11 Å². The molecule has 1 amide bonds. The predicted molar refractivity (Wildman–Crippen MR) is 73.2 cm³/mol. The van der Waals surface area contributed by atoms with Crippen LogP contribution in [-0.2, 0) is 4.79 Å². The van der Waals surface area contributed by atoms with E-state index in [2.05, 4.69) is 5.32 Å². The molecule has 0 aliphatic carbocycles. The molecule has 0 aliphatic heterocycles. The van der Waals surface area contributed by atoms with Gasteiger partial charge in [0.2, 0.25) is 5.91 Å². The van der Waals surface area contributed by atoms with Crippen LogP contribution in [-0.4, -0.2) is 31.9 Å². The number of amides is 1. The zero-order valence-electron chi connectivity index (χ0n) is 11.4. The standard InChI is InChI=1S/C14H19FN2O3/c1-20-13-5-3-10(9-11(13)15)12(18)4-6-14(19)17-8-2-7-16/h3,5,9H,2,4,6-8,16H2,1H3,(H,17,19). The van der Waals surface area contributed by atoms with Gasteiger partial charge in [-0.15, -0.1) is 0 Å². The smallest absolute Gasteiger partial charge is 0.220 e. The third-order valence-electron chi connectivity index (χ3n) is 2.76. The average molecular weight is 282 g/mol. The summed E-state index contributed by atoms with van der Waals surface area (Å²) < 4.78 is 18.2. The van der Waals surface area contributed by atoms with E-state index in [9.17, 15) is 14.0 Å². The zero-order valence-corrected chi connectivity index (χ0v) is 11.4. The number of hydrogen-bond acceptors (Lipinski definition) is 4. The Kier molecular flexibility index (Phi) is 6.66. The quantitative estimate of drug-likeness (QED) is 0.555. The van der Waals surface area contributed by atoms with Crippen LogP contribution in [0.2, 0.25) is 0 Å². The molecule has 20 heavy (non-hydrogen) atoms. The van der Waals surface area contributed by atoms with E-state index >= 15 is 0 Å². The minimum absolute atomic E-state index is 0.0419. The summed E-state index contributed by atoms with van der Waals surface area (Å²) in [5.74, 6) is -0.992. The fourth-order valence-electron chi connectivity index (χ4n) is 1.63. The number of carbonyl (C=O) groups excluding carboxylic acids is 2. The molecule has 0 saturated heterocycles. The molecule has 0 radical (unpaired) electrons. The zero-order chi connectivity index (χ0) is 15.0. The number of ether oxygens (including phenoxy) is 1. The van der Waals surface area contributed by atoms with Gasteiger partial charge in [-0.1, -0.05) is 0 Å². The van der Waals surface area contributed by atoms with Gasteiger partial charge in [0, 0.05) is 24.9 Å². The number of benzene rings is 1. The molecular formula is C14H19FN2O3. The highest BCUT2D eigenvalue weighted by molar-refractivity contribution is 5.98. The number of Topliss-reactive ketones (excluding diaryl/α,β-unsaturated/α-hetero) is 1. The minimum Gasteiger partial charge on any atom is -0.494 e. The molecule has 5 nitrogen and oxygen atoms in total. The minimum atomic E-state index is -0.592. The fraction of sp³-hybridized carbons (Fsp3) is 0.429. The van der Waals surface area contributed by atoms with Crippen LogP contribution in [0, 0.1) is 5.82 Å².